The average Bonchev–Trinajstić information content (AvgIpc) is 2.81. The molecule has 0 aliphatic carbocycles. The van der Waals surface area contributed by atoms with Crippen LogP contribution in [0.25, 0.3) is 11.1 Å². The molecule has 1 fully saturated rings. The van der Waals surface area contributed by atoms with E-state index in [1.54, 1.807) is 25.3 Å². The van der Waals surface area contributed by atoms with Gasteiger partial charge in [-0.25, -0.2) is 9.37 Å². The number of aryl methyl sites for hydroxylation is 3. The molecular formula is C27H31FN4O. The summed E-state index contributed by atoms with van der Waals surface area (Å²) in [6, 6.07) is 13.1. The minimum absolute atomic E-state index is 0.185. The van der Waals surface area contributed by atoms with Gasteiger partial charge < -0.3 is 10.6 Å². The van der Waals surface area contributed by atoms with E-state index in [-0.39, 0.29) is 17.6 Å². The molecule has 1 atom stereocenters. The molecule has 1 aromatic carbocycles. The number of aromatic nitrogens is 2. The van der Waals surface area contributed by atoms with E-state index < -0.39 is 0 Å². The van der Waals surface area contributed by atoms with Crippen molar-refractivity contribution in [2.45, 2.75) is 51.9 Å². The van der Waals surface area contributed by atoms with Gasteiger partial charge in [0, 0.05) is 48.6 Å². The van der Waals surface area contributed by atoms with E-state index in [1.165, 1.54) is 6.07 Å². The van der Waals surface area contributed by atoms with E-state index in [4.69, 9.17) is 10.7 Å². The smallest absolute Gasteiger partial charge is 0.222 e. The van der Waals surface area contributed by atoms with Crippen molar-refractivity contribution in [3.05, 3.63) is 77.0 Å². The van der Waals surface area contributed by atoms with Gasteiger partial charge in [-0.2, -0.15) is 0 Å². The van der Waals surface area contributed by atoms with Crippen LogP contribution in [0, 0.1) is 19.7 Å². The fraction of sp³-hybridized carbons (Fsp3) is 0.370. The number of piperidine rings is 1. The summed E-state index contributed by atoms with van der Waals surface area (Å²) in [4.78, 5) is 23.9. The first kappa shape index (κ1) is 22.9. The minimum Gasteiger partial charge on any atom is -0.384 e. The van der Waals surface area contributed by atoms with Crippen LogP contribution >= 0.6 is 0 Å². The summed E-state index contributed by atoms with van der Waals surface area (Å²) < 4.78 is 13.5. The highest BCUT2D eigenvalue weighted by Gasteiger charge is 2.26. The normalized spacial score (nSPS) is 16.1. The second kappa shape index (κ2) is 10.1. The zero-order valence-corrected chi connectivity index (χ0v) is 19.4. The zero-order valence-electron chi connectivity index (χ0n) is 19.4. The summed E-state index contributed by atoms with van der Waals surface area (Å²) in [5, 5.41) is 0. The molecule has 2 aromatic heterocycles. The third-order valence-electron chi connectivity index (χ3n) is 6.36. The number of carbonyl (C=O) groups is 1. The molecule has 1 amide bonds. The number of nitrogens with zero attached hydrogens (tertiary/aromatic N) is 3. The van der Waals surface area contributed by atoms with Crippen LogP contribution in [0.3, 0.4) is 0 Å². The number of hydrogen-bond donors (Lipinski definition) is 1. The number of amides is 1. The Morgan fingerprint density at radius 2 is 2.00 bits per heavy atom. The van der Waals surface area contributed by atoms with Gasteiger partial charge in [0.15, 0.2) is 0 Å². The highest BCUT2D eigenvalue weighted by molar-refractivity contribution is 5.76. The number of benzene rings is 1. The van der Waals surface area contributed by atoms with Gasteiger partial charge in [0.1, 0.15) is 11.6 Å². The first-order valence-corrected chi connectivity index (χ1v) is 11.6. The number of pyridine rings is 2. The van der Waals surface area contributed by atoms with E-state index in [9.17, 15) is 9.18 Å². The molecule has 1 saturated heterocycles. The third-order valence-corrected chi connectivity index (χ3v) is 6.36. The topological polar surface area (TPSA) is 72.1 Å². The molecule has 0 saturated carbocycles. The first-order valence-electron chi connectivity index (χ1n) is 11.6. The molecule has 4 rings (SSSR count). The molecule has 1 aliphatic heterocycles. The van der Waals surface area contributed by atoms with E-state index in [0.29, 0.717) is 24.3 Å². The summed E-state index contributed by atoms with van der Waals surface area (Å²) in [7, 11) is 0. The van der Waals surface area contributed by atoms with Gasteiger partial charge >= 0.3 is 0 Å². The van der Waals surface area contributed by atoms with Crippen LogP contribution in [0.4, 0.5) is 10.2 Å². The second-order valence-electron chi connectivity index (χ2n) is 9.01. The number of nitrogens with two attached hydrogens (primary N) is 1. The van der Waals surface area contributed by atoms with Gasteiger partial charge in [-0.3, -0.25) is 9.78 Å². The van der Waals surface area contributed by atoms with Crippen LogP contribution in [-0.2, 0) is 11.2 Å². The fourth-order valence-corrected chi connectivity index (χ4v) is 4.56. The van der Waals surface area contributed by atoms with Crippen LogP contribution in [-0.4, -0.2) is 33.9 Å². The highest BCUT2D eigenvalue weighted by atomic mass is 19.1. The highest BCUT2D eigenvalue weighted by Crippen LogP contribution is 2.30. The molecule has 172 valence electrons. The summed E-state index contributed by atoms with van der Waals surface area (Å²) >= 11 is 0. The lowest BCUT2D eigenvalue weighted by atomic mass is 9.92. The number of anilines is 1. The van der Waals surface area contributed by atoms with Crippen LogP contribution in [0.15, 0.2) is 48.7 Å². The molecular weight excluding hydrogens is 415 g/mol. The molecule has 2 N–H and O–H groups in total. The van der Waals surface area contributed by atoms with Crippen molar-refractivity contribution in [3.8, 4) is 11.1 Å². The van der Waals surface area contributed by atoms with Crippen molar-refractivity contribution in [1.29, 1.82) is 0 Å². The maximum atomic E-state index is 13.5. The molecule has 0 unspecified atom stereocenters. The Kier molecular flexibility index (Phi) is 7.02. The number of likely N-dealkylation sites (tertiary alicyclic amines) is 1. The predicted molar refractivity (Wildman–Crippen MR) is 129 cm³/mol. The average molecular weight is 447 g/mol. The number of rotatable bonds is 6. The maximum absolute atomic E-state index is 13.5. The van der Waals surface area contributed by atoms with E-state index >= 15 is 0 Å². The van der Waals surface area contributed by atoms with Crippen LogP contribution in [0.5, 0.6) is 0 Å². The van der Waals surface area contributed by atoms with Crippen molar-refractivity contribution in [2.24, 2.45) is 0 Å². The molecule has 0 bridgehead atoms. The standard InChI is InChI=1S/C27H31FN4O/c1-18-13-20(8-10-24(18)28)5-3-7-27(33)32-12-4-6-22(17-32)25-15-23(14-19(2)31-25)21-9-11-26(29)30-16-21/h8-11,13-16,22H,3-7,12,17H2,1-2H3,(H2,29,30)/t22-/m0/s1. The van der Waals surface area contributed by atoms with Gasteiger partial charge in [0.05, 0.1) is 0 Å². The molecule has 6 heteroatoms. The Labute approximate surface area is 194 Å². The van der Waals surface area contributed by atoms with Gasteiger partial charge in [0.2, 0.25) is 5.91 Å². The van der Waals surface area contributed by atoms with Crippen molar-refractivity contribution in [3.63, 3.8) is 0 Å². The molecule has 1 aliphatic rings. The summed E-state index contributed by atoms with van der Waals surface area (Å²) in [5.74, 6) is 0.729. The lowest BCUT2D eigenvalue weighted by Gasteiger charge is -2.33. The Hall–Kier alpha value is -3.28. The molecule has 3 aromatic rings. The molecule has 0 spiro atoms. The van der Waals surface area contributed by atoms with Crippen molar-refractivity contribution in [1.82, 2.24) is 14.9 Å². The number of halogens is 1. The number of nitrogen functional groups attached to an aromatic ring is 1. The Balaban J connectivity index is 1.39. The van der Waals surface area contributed by atoms with Crippen LogP contribution in [0.1, 0.15) is 54.1 Å². The molecule has 33 heavy (non-hydrogen) atoms. The Bertz CT molecular complexity index is 1130. The van der Waals surface area contributed by atoms with Crippen molar-refractivity contribution in [2.75, 3.05) is 18.8 Å². The van der Waals surface area contributed by atoms with Gasteiger partial charge in [-0.05, 0) is 86.6 Å². The predicted octanol–water partition coefficient (Wildman–Crippen LogP) is 5.21. The lowest BCUT2D eigenvalue weighted by molar-refractivity contribution is -0.132. The van der Waals surface area contributed by atoms with Gasteiger partial charge in [0.25, 0.3) is 0 Å². The van der Waals surface area contributed by atoms with Crippen molar-refractivity contribution >= 4 is 11.7 Å². The third kappa shape index (κ3) is 5.75. The Morgan fingerprint density at radius 3 is 2.76 bits per heavy atom. The zero-order chi connectivity index (χ0) is 23.4. The van der Waals surface area contributed by atoms with Crippen LogP contribution < -0.4 is 5.73 Å². The Morgan fingerprint density at radius 1 is 1.15 bits per heavy atom. The van der Waals surface area contributed by atoms with Gasteiger partial charge in [-0.1, -0.05) is 12.1 Å². The van der Waals surface area contributed by atoms with Gasteiger partial charge in [-0.15, -0.1) is 0 Å². The first-order chi connectivity index (χ1) is 15.9. The fourth-order valence-electron chi connectivity index (χ4n) is 4.56. The minimum atomic E-state index is -0.185. The molecule has 3 heterocycles. The second-order valence-corrected chi connectivity index (χ2v) is 9.01. The summed E-state index contributed by atoms with van der Waals surface area (Å²) in [5.41, 5.74) is 11.5. The summed E-state index contributed by atoms with van der Waals surface area (Å²) in [6.45, 7) is 5.27. The quantitative estimate of drug-likeness (QED) is 0.564. The van der Waals surface area contributed by atoms with E-state index in [2.05, 4.69) is 17.1 Å². The lowest BCUT2D eigenvalue weighted by Crippen LogP contribution is -2.39. The number of hydrogen-bond acceptors (Lipinski definition) is 4. The summed E-state index contributed by atoms with van der Waals surface area (Å²) in [6.07, 6.45) is 5.83. The maximum Gasteiger partial charge on any atom is 0.222 e. The number of carbonyl (C=O) groups excluding carboxylic acids is 1. The SMILES string of the molecule is Cc1cc(-c2ccc(N)nc2)cc([C@H]2CCCN(C(=O)CCCc3ccc(F)c(C)c3)C2)n1. The molecule has 0 radical (unpaired) electrons. The molecule has 5 nitrogen and oxygen atoms in total. The van der Waals surface area contributed by atoms with Crippen LogP contribution in [0.2, 0.25) is 0 Å². The van der Waals surface area contributed by atoms with Crippen molar-refractivity contribution < 1.29 is 9.18 Å². The van der Waals surface area contributed by atoms with E-state index in [0.717, 1.165) is 60.3 Å². The van der Waals surface area contributed by atoms with E-state index in [1.807, 2.05) is 24.0 Å². The largest absolute Gasteiger partial charge is 0.384 e. The monoisotopic (exact) mass is 446 g/mol.